The molecule has 14 nitrogen and oxygen atoms in total. The fraction of sp³-hybridized carbons (Fsp3) is 0.299. The number of rotatable bonds is 13. The number of ketones is 3. The van der Waals surface area contributed by atoms with Gasteiger partial charge in [-0.05, 0) is 182 Å². The number of fused-ring (bicyclic) bond motifs is 3. The molecule has 0 bridgehead atoms. The number of nitrogens with zero attached hydrogens (tertiary/aromatic N) is 9. The smallest absolute Gasteiger partial charge is 0.318 e. The van der Waals surface area contributed by atoms with Gasteiger partial charge in [0, 0.05) is 80.1 Å². The first-order chi connectivity index (χ1) is 48.9. The molecule has 14 rings (SSSR count). The molecule has 0 atom stereocenters. The zero-order valence-corrected chi connectivity index (χ0v) is 62.3. The Morgan fingerprint density at radius 2 is 0.757 bits per heavy atom. The maximum Gasteiger partial charge on any atom is 0.318 e. The lowest BCUT2D eigenvalue weighted by molar-refractivity contribution is 0.100. The average molecular weight is 1380 g/mol. The first-order valence-corrected chi connectivity index (χ1v) is 35.5. The van der Waals surface area contributed by atoms with Crippen LogP contribution in [0.3, 0.4) is 0 Å². The minimum absolute atomic E-state index is 0.0371. The molecule has 3 aromatic heterocycles. The Morgan fingerprint density at radius 1 is 0.408 bits per heavy atom. The summed E-state index contributed by atoms with van der Waals surface area (Å²) >= 11 is 0. The molecular weight excluding hydrogens is 1290 g/mol. The van der Waals surface area contributed by atoms with E-state index in [9.17, 15) is 28.0 Å². The predicted molar refractivity (Wildman–Crippen MR) is 408 cm³/mol. The summed E-state index contributed by atoms with van der Waals surface area (Å²) < 4.78 is 34.8. The Kier molecular flexibility index (Phi) is 20.2. The van der Waals surface area contributed by atoms with Crippen molar-refractivity contribution in [3.8, 4) is 50.8 Å². The van der Waals surface area contributed by atoms with Crippen molar-refractivity contribution in [2.75, 3.05) is 9.80 Å². The number of aromatic nitrogens is 6. The van der Waals surface area contributed by atoms with Crippen LogP contribution >= 0.6 is 0 Å². The normalized spacial score (nSPS) is 13.0. The largest absolute Gasteiger partial charge is 0.361 e. The number of benzene rings is 8. The van der Waals surface area contributed by atoms with Crippen molar-refractivity contribution in [2.45, 2.75) is 174 Å². The molecule has 0 aliphatic carbocycles. The molecule has 3 aliphatic rings. The summed E-state index contributed by atoms with van der Waals surface area (Å²) in [4.78, 5) is 54.7. The number of hydrogen-bond donors (Lipinski definition) is 1. The van der Waals surface area contributed by atoms with Gasteiger partial charge in [-0.15, -0.1) is 0 Å². The Bertz CT molecular complexity index is 5060. The van der Waals surface area contributed by atoms with Crippen molar-refractivity contribution in [1.29, 1.82) is 0 Å². The third-order valence-corrected chi connectivity index (χ3v) is 19.9. The molecule has 0 saturated heterocycles. The van der Waals surface area contributed by atoms with E-state index in [2.05, 4.69) is 128 Å². The fourth-order valence-corrected chi connectivity index (χ4v) is 14.7. The van der Waals surface area contributed by atoms with E-state index in [1.54, 1.807) is 37.8 Å². The van der Waals surface area contributed by atoms with Crippen molar-refractivity contribution in [3.05, 3.63) is 270 Å². The topological polar surface area (TPSA) is 143 Å². The molecule has 0 fully saturated rings. The monoisotopic (exact) mass is 1380 g/mol. The Morgan fingerprint density at radius 3 is 1.11 bits per heavy atom. The second-order valence-corrected chi connectivity index (χ2v) is 29.6. The summed E-state index contributed by atoms with van der Waals surface area (Å²) in [6, 6.07) is 50.7. The lowest BCUT2D eigenvalue weighted by atomic mass is 9.99. The lowest BCUT2D eigenvalue weighted by Crippen LogP contribution is -2.46. The zero-order chi connectivity index (χ0) is 73.8. The Labute approximate surface area is 604 Å². The van der Waals surface area contributed by atoms with Crippen molar-refractivity contribution in [1.82, 2.24) is 39.6 Å². The van der Waals surface area contributed by atoms with Gasteiger partial charge < -0.3 is 20.0 Å². The van der Waals surface area contributed by atoms with E-state index >= 15 is 0 Å². The first kappa shape index (κ1) is 71.9. The van der Waals surface area contributed by atoms with E-state index in [4.69, 9.17) is 15.3 Å². The van der Waals surface area contributed by atoms with Crippen LogP contribution in [-0.2, 0) is 39.3 Å². The van der Waals surface area contributed by atoms with E-state index in [1.165, 1.54) is 17.2 Å². The standard InChI is InChI=1S/C31H32FN3O.C30H30FN3O.C26H30N4O2/c1-18(2)25-15-29(21(5)14-27(25)32)34-16-26-28(17-34)33-35(30-19(3)8-7-9-20(30)4)31(26)24-12-10-23(11-13-24)22(6)36;1-18(2)25-15-24(31)13-14-28(25)33-16-26-27(17-33)32-34(29-19(3)7-6-8-20(29)4)30(26)23-11-9-22(10-12-23)21(5)35;1-16-8-7-9-17(2)23(16)30-24(20-12-10-19(11-13-20)18(3)31)21-14-29(15-22(21)28-30)25(32)27-26(4,5)6/h7-15,18H,16-17H2,1-6H3;6-15,18H,16-17H2,1-5H3;7-13H,14-15H2,1-6H3,(H,27,32). The highest BCUT2D eigenvalue weighted by atomic mass is 19.1. The third-order valence-electron chi connectivity index (χ3n) is 19.9. The van der Waals surface area contributed by atoms with Crippen LogP contribution in [-0.4, -0.2) is 63.2 Å². The van der Waals surface area contributed by atoms with Crippen LogP contribution in [0.5, 0.6) is 0 Å². The maximum atomic E-state index is 14.6. The van der Waals surface area contributed by atoms with E-state index in [1.807, 2.05) is 137 Å². The van der Waals surface area contributed by atoms with Gasteiger partial charge in [-0.2, -0.15) is 15.3 Å². The molecule has 3 aliphatic heterocycles. The number of nitrogens with one attached hydrogen (secondary N) is 1. The van der Waals surface area contributed by atoms with Gasteiger partial charge in [-0.1, -0.05) is 155 Å². The number of amides is 2. The number of aryl methyl sites for hydroxylation is 7. The van der Waals surface area contributed by atoms with Gasteiger partial charge in [-0.25, -0.2) is 27.6 Å². The second-order valence-electron chi connectivity index (χ2n) is 29.6. The lowest BCUT2D eigenvalue weighted by Gasteiger charge is -2.25. The summed E-state index contributed by atoms with van der Waals surface area (Å²) in [6.45, 7) is 37.1. The van der Waals surface area contributed by atoms with Crippen molar-refractivity contribution < 1.29 is 28.0 Å². The van der Waals surface area contributed by atoms with Gasteiger partial charge in [0.15, 0.2) is 17.3 Å². The molecule has 103 heavy (non-hydrogen) atoms. The second kappa shape index (κ2) is 28.9. The van der Waals surface area contributed by atoms with Crippen LogP contribution in [0.2, 0.25) is 0 Å². The van der Waals surface area contributed by atoms with Crippen LogP contribution in [0, 0.1) is 60.1 Å². The first-order valence-electron chi connectivity index (χ1n) is 35.5. The van der Waals surface area contributed by atoms with Gasteiger partial charge in [0.05, 0.1) is 77.4 Å². The van der Waals surface area contributed by atoms with E-state index in [0.717, 1.165) is 135 Å². The van der Waals surface area contributed by atoms with Gasteiger partial charge in [-0.3, -0.25) is 14.4 Å². The van der Waals surface area contributed by atoms with E-state index in [0.29, 0.717) is 56.0 Å². The predicted octanol–water partition coefficient (Wildman–Crippen LogP) is 19.8. The van der Waals surface area contributed by atoms with Crippen LogP contribution < -0.4 is 15.1 Å². The van der Waals surface area contributed by atoms with Gasteiger partial charge in [0.25, 0.3) is 0 Å². The molecule has 6 heterocycles. The van der Waals surface area contributed by atoms with Gasteiger partial charge in [0.2, 0.25) is 0 Å². The summed E-state index contributed by atoms with van der Waals surface area (Å²) in [5.74, 6) is 0.105. The highest BCUT2D eigenvalue weighted by molar-refractivity contribution is 5.96. The maximum absolute atomic E-state index is 14.6. The molecule has 8 aromatic carbocycles. The van der Waals surface area contributed by atoms with Crippen LogP contribution in [0.1, 0.15) is 196 Å². The molecule has 0 radical (unpaired) electrons. The summed E-state index contributed by atoms with van der Waals surface area (Å²) in [6.07, 6.45) is 0. The third kappa shape index (κ3) is 14.5. The average Bonchev–Trinajstić information content (AvgIpc) is 1.61. The highest BCUT2D eigenvalue weighted by Crippen LogP contribution is 2.44. The van der Waals surface area contributed by atoms with Crippen LogP contribution in [0.4, 0.5) is 25.0 Å². The van der Waals surface area contributed by atoms with Crippen LogP contribution in [0.25, 0.3) is 50.8 Å². The molecule has 528 valence electrons. The van der Waals surface area contributed by atoms with Crippen LogP contribution in [0.15, 0.2) is 158 Å². The zero-order valence-electron chi connectivity index (χ0n) is 62.3. The summed E-state index contributed by atoms with van der Waals surface area (Å²) in [5, 5.41) is 18.3. The van der Waals surface area contributed by atoms with Gasteiger partial charge in [0.1, 0.15) is 11.6 Å². The SMILES string of the molecule is CC(=O)c1ccc(-c2c3c(nn2-c2c(C)cccc2C)CN(C(=O)NC(C)(C)C)C3)cc1.CC(=O)c1ccc(-c2c3c(nn2-c2c(C)cccc2C)CN(c2cc(C(C)C)c(F)cc2C)C3)cc1.CC(=O)c1ccc(-c2c3c(nn2-c2c(C)cccc2C)CN(c2ccc(F)cc2C(C)C)C3)cc1. The minimum atomic E-state index is -0.305. The fourth-order valence-electron chi connectivity index (χ4n) is 14.7. The van der Waals surface area contributed by atoms with Crippen molar-refractivity contribution >= 4 is 34.8 Å². The van der Waals surface area contributed by atoms with Crippen molar-refractivity contribution in [2.24, 2.45) is 0 Å². The van der Waals surface area contributed by atoms with Gasteiger partial charge >= 0.3 is 6.03 Å². The Hall–Kier alpha value is -10.9. The number of Topliss-reactive ketones (excluding diaryl/α,β-unsaturated/α-hetero) is 3. The number of anilines is 2. The molecule has 2 amide bonds. The van der Waals surface area contributed by atoms with Crippen molar-refractivity contribution in [3.63, 3.8) is 0 Å². The minimum Gasteiger partial charge on any atom is -0.361 e. The highest BCUT2D eigenvalue weighted by Gasteiger charge is 2.36. The molecule has 0 saturated carbocycles. The quantitative estimate of drug-likeness (QED) is 0.112. The van der Waals surface area contributed by atoms with E-state index < -0.39 is 0 Å². The molecule has 11 aromatic rings. The number of para-hydroxylation sites is 3. The number of carbonyl (C=O) groups excluding carboxylic acids is 4. The summed E-state index contributed by atoms with van der Waals surface area (Å²) in [5.41, 5.74) is 29.1. The number of hydrogen-bond acceptors (Lipinski definition) is 9. The number of urea groups is 1. The summed E-state index contributed by atoms with van der Waals surface area (Å²) in [7, 11) is 0. The number of halogens is 2. The number of carbonyl (C=O) groups is 4. The molecule has 0 unspecified atom stereocenters. The van der Waals surface area contributed by atoms with E-state index in [-0.39, 0.29) is 52.4 Å². The molecular formula is C87H92F2N10O4. The molecule has 16 heteroatoms. The Balaban J connectivity index is 0.000000146. The molecule has 0 spiro atoms. The molecule has 1 N–H and O–H groups in total.